The minimum Gasteiger partial charge on any atom is -0.311 e. The van der Waals surface area contributed by atoms with Crippen molar-refractivity contribution in [3.05, 3.63) is 12.2 Å². The zero-order valence-electron chi connectivity index (χ0n) is 25.9. The molecule has 0 radical (unpaired) electrons. The molecule has 8 rings (SSSR count). The first-order valence-corrected chi connectivity index (χ1v) is 19.0. The molecule has 2 heterocycles. The Morgan fingerprint density at radius 3 is 2.17 bits per heavy atom. The second kappa shape index (κ2) is 11.6. The summed E-state index contributed by atoms with van der Waals surface area (Å²) in [6, 6.07) is 2.60. The van der Waals surface area contributed by atoms with Gasteiger partial charge in [0.1, 0.15) is 0 Å². The van der Waals surface area contributed by atoms with Gasteiger partial charge in [-0.05, 0) is 118 Å². The maximum absolute atomic E-state index is 4.54. The molecule has 12 atom stereocenters. The third-order valence-electron chi connectivity index (χ3n) is 15.0. The molecule has 224 valence electrons. The molecular weight excluding hydrogens is 484 g/mol. The molecule has 1 N–H and O–H groups in total. The Morgan fingerprint density at radius 1 is 0.575 bits per heavy atom. The normalized spacial score (nSPS) is 51.4. The van der Waals surface area contributed by atoms with Crippen molar-refractivity contribution in [2.24, 2.45) is 47.3 Å². The van der Waals surface area contributed by atoms with Crippen LogP contribution >= 0.6 is 0 Å². The highest BCUT2D eigenvalue weighted by Gasteiger charge is 2.75. The van der Waals surface area contributed by atoms with Crippen LogP contribution in [0, 0.1) is 47.3 Å². The van der Waals surface area contributed by atoms with Crippen molar-refractivity contribution in [1.29, 1.82) is 0 Å². The van der Waals surface area contributed by atoms with Crippen LogP contribution in [0.15, 0.2) is 12.2 Å². The molecule has 6 aliphatic carbocycles. The second-order valence-corrected chi connectivity index (χ2v) is 16.8. The van der Waals surface area contributed by atoms with E-state index in [0.29, 0.717) is 5.54 Å². The van der Waals surface area contributed by atoms with E-state index in [9.17, 15) is 0 Å². The number of rotatable bonds is 6. The first-order chi connectivity index (χ1) is 19.8. The van der Waals surface area contributed by atoms with Gasteiger partial charge in [0.25, 0.3) is 0 Å². The Labute approximate surface area is 247 Å². The van der Waals surface area contributed by atoms with E-state index in [4.69, 9.17) is 0 Å². The Hall–Kier alpha value is -0.340. The van der Waals surface area contributed by atoms with Gasteiger partial charge in [0, 0.05) is 30.2 Å². The largest absolute Gasteiger partial charge is 0.311 e. The van der Waals surface area contributed by atoms with E-state index in [-0.39, 0.29) is 0 Å². The van der Waals surface area contributed by atoms with Crippen LogP contribution in [0.4, 0.5) is 0 Å². The van der Waals surface area contributed by atoms with Crippen LogP contribution in [0.1, 0.15) is 148 Å². The molecule has 1 spiro atoms. The highest BCUT2D eigenvalue weighted by atomic mass is 15.5. The quantitative estimate of drug-likeness (QED) is 0.264. The fraction of sp³-hybridized carbons (Fsp3) is 0.947. The van der Waals surface area contributed by atoms with E-state index >= 15 is 0 Å². The topological polar surface area (TPSA) is 15.0 Å². The van der Waals surface area contributed by atoms with E-state index in [2.05, 4.69) is 22.4 Å². The van der Waals surface area contributed by atoms with Crippen LogP contribution in [0.3, 0.4) is 0 Å². The van der Waals surface area contributed by atoms with E-state index in [0.717, 1.165) is 65.5 Å². The summed E-state index contributed by atoms with van der Waals surface area (Å²) >= 11 is 0. The summed E-state index contributed by atoms with van der Waals surface area (Å²) in [6.45, 7) is 1.47. The van der Waals surface area contributed by atoms with Gasteiger partial charge in [0.15, 0.2) is 0 Å². The highest BCUT2D eigenvalue weighted by Crippen LogP contribution is 2.66. The van der Waals surface area contributed by atoms with Crippen molar-refractivity contribution < 1.29 is 0 Å². The highest BCUT2D eigenvalue weighted by molar-refractivity contribution is 5.30. The maximum Gasteiger partial charge on any atom is 0.0411 e. The Kier molecular flexibility index (Phi) is 7.92. The van der Waals surface area contributed by atoms with Gasteiger partial charge >= 0.3 is 0 Å². The molecule has 5 saturated carbocycles. The third kappa shape index (κ3) is 5.00. The zero-order valence-corrected chi connectivity index (χ0v) is 25.9. The van der Waals surface area contributed by atoms with Crippen LogP contribution in [0.25, 0.3) is 0 Å². The second-order valence-electron chi connectivity index (χ2n) is 16.8. The summed E-state index contributed by atoms with van der Waals surface area (Å²) < 4.78 is 0. The predicted octanol–water partition coefficient (Wildman–Crippen LogP) is 9.29. The Morgan fingerprint density at radius 2 is 1.32 bits per heavy atom. The van der Waals surface area contributed by atoms with Crippen LogP contribution in [-0.4, -0.2) is 35.1 Å². The number of nitrogens with one attached hydrogen (secondary N) is 1. The summed E-state index contributed by atoms with van der Waals surface area (Å²) in [4.78, 5) is 3.05. The monoisotopic (exact) mass is 546 g/mol. The minimum atomic E-state index is 0.703. The molecule has 0 bridgehead atoms. The average Bonchev–Trinajstić information content (AvgIpc) is 3.49. The SMILES string of the molecule is C1=CCC(C2CCCCC2NC2CC(C3CCCC(C4CCCCC4)C3)CC(C3[N@@]4CC5CCCCC534)C2)CC1. The molecule has 2 saturated heterocycles. The van der Waals surface area contributed by atoms with Crippen LogP contribution < -0.4 is 5.32 Å². The molecule has 8 aliphatic rings. The van der Waals surface area contributed by atoms with Crippen LogP contribution in [0.2, 0.25) is 0 Å². The lowest BCUT2D eigenvalue weighted by atomic mass is 9.62. The van der Waals surface area contributed by atoms with Crippen molar-refractivity contribution in [3.8, 4) is 0 Å². The summed E-state index contributed by atoms with van der Waals surface area (Å²) in [7, 11) is 0. The summed E-state index contributed by atoms with van der Waals surface area (Å²) in [5.41, 5.74) is 0.703. The molecule has 7 fully saturated rings. The summed E-state index contributed by atoms with van der Waals surface area (Å²) in [5.74, 6) is 8.20. The van der Waals surface area contributed by atoms with Gasteiger partial charge in [-0.1, -0.05) is 89.2 Å². The van der Waals surface area contributed by atoms with Crippen molar-refractivity contribution in [1.82, 2.24) is 10.2 Å². The Balaban J connectivity index is 0.991. The van der Waals surface area contributed by atoms with Gasteiger partial charge < -0.3 is 5.32 Å². The Bertz CT molecular complexity index is 890. The lowest BCUT2D eigenvalue weighted by Crippen LogP contribution is -2.51. The van der Waals surface area contributed by atoms with Gasteiger partial charge in [-0.25, -0.2) is 0 Å². The number of nitrogens with zero attached hydrogens (tertiary/aromatic N) is 1. The van der Waals surface area contributed by atoms with Crippen LogP contribution in [-0.2, 0) is 0 Å². The molecule has 0 aromatic heterocycles. The lowest BCUT2D eigenvalue weighted by molar-refractivity contribution is 0.0720. The molecule has 0 aromatic rings. The molecule has 2 aliphatic heterocycles. The summed E-state index contributed by atoms with van der Waals surface area (Å²) in [5, 5.41) is 4.54. The first kappa shape index (κ1) is 27.2. The minimum absolute atomic E-state index is 0.703. The van der Waals surface area contributed by atoms with Crippen molar-refractivity contribution in [2.75, 3.05) is 6.54 Å². The molecule has 2 nitrogen and oxygen atoms in total. The van der Waals surface area contributed by atoms with E-state index < -0.39 is 0 Å². The molecule has 11 unspecified atom stereocenters. The summed E-state index contributed by atoms with van der Waals surface area (Å²) in [6.07, 6.45) is 39.9. The maximum atomic E-state index is 4.54. The van der Waals surface area contributed by atoms with Crippen molar-refractivity contribution in [2.45, 2.75) is 171 Å². The molecule has 2 heteroatoms. The standard InChI is InChI=1S/C38H62N2/c1-3-12-27(13-4-1)29-16-11-17-30(22-29)31-23-32(37-38-21-10-9-18-33(38)26-40(37)38)25-34(24-31)39-36-20-8-7-19-35(36)28-14-5-2-6-15-28/h2,5,27-37,39H,1,3-4,6-26H2/t28?,29?,30?,31?,32?,33?,34?,35?,36?,37?,38?,40-/m1/s1. The van der Waals surface area contributed by atoms with E-state index in [1.54, 1.807) is 57.8 Å². The third-order valence-corrected chi connectivity index (χ3v) is 15.0. The van der Waals surface area contributed by atoms with Crippen molar-refractivity contribution in [3.63, 3.8) is 0 Å². The van der Waals surface area contributed by atoms with Gasteiger partial charge in [-0.15, -0.1) is 0 Å². The molecule has 0 aromatic carbocycles. The van der Waals surface area contributed by atoms with Crippen molar-refractivity contribution >= 4 is 0 Å². The smallest absolute Gasteiger partial charge is 0.0411 e. The molecule has 0 amide bonds. The van der Waals surface area contributed by atoms with Gasteiger partial charge in [-0.3, -0.25) is 4.90 Å². The van der Waals surface area contributed by atoms with Gasteiger partial charge in [0.05, 0.1) is 0 Å². The lowest BCUT2D eigenvalue weighted by Gasteiger charge is -2.46. The van der Waals surface area contributed by atoms with Gasteiger partial charge in [-0.2, -0.15) is 0 Å². The van der Waals surface area contributed by atoms with Gasteiger partial charge in [0.2, 0.25) is 0 Å². The fourth-order valence-corrected chi connectivity index (χ4v) is 13.1. The average molecular weight is 547 g/mol. The molecule has 40 heavy (non-hydrogen) atoms. The van der Waals surface area contributed by atoms with E-state index in [1.165, 1.54) is 96.4 Å². The first-order valence-electron chi connectivity index (χ1n) is 19.0. The zero-order chi connectivity index (χ0) is 26.5. The van der Waals surface area contributed by atoms with Crippen LogP contribution in [0.5, 0.6) is 0 Å². The number of hydrogen-bond donors (Lipinski definition) is 1. The van der Waals surface area contributed by atoms with E-state index in [1.807, 2.05) is 0 Å². The fourth-order valence-electron chi connectivity index (χ4n) is 13.1. The molecular formula is C38H62N2. The number of hydrogen-bond acceptors (Lipinski definition) is 2. The number of allylic oxidation sites excluding steroid dienone is 2. The predicted molar refractivity (Wildman–Crippen MR) is 167 cm³/mol.